The minimum atomic E-state index is -1.37. The van der Waals surface area contributed by atoms with E-state index >= 15 is 0 Å². The SMILES string of the molecule is C=C(C)C(=O)OCC(COC(=O)C(=C)C)(COC(=O)C(=C)C)COC(=O)C(=C)C.CC(C)(C)C. The van der Waals surface area contributed by atoms with Crippen LogP contribution in [0.5, 0.6) is 0 Å². The average Bonchev–Trinajstić information content (AvgIpc) is 2.69. The first-order valence-electron chi connectivity index (χ1n) is 10.6. The van der Waals surface area contributed by atoms with Gasteiger partial charge in [-0.05, 0) is 33.1 Å². The molecule has 0 atom stereocenters. The third-order valence-corrected chi connectivity index (χ3v) is 3.43. The van der Waals surface area contributed by atoms with Gasteiger partial charge in [0.25, 0.3) is 0 Å². The Morgan fingerprint density at radius 2 is 0.647 bits per heavy atom. The highest BCUT2D eigenvalue weighted by molar-refractivity contribution is 5.88. The summed E-state index contributed by atoms with van der Waals surface area (Å²) in [5.41, 5.74) is -0.329. The van der Waals surface area contributed by atoms with Crippen molar-refractivity contribution in [3.8, 4) is 0 Å². The van der Waals surface area contributed by atoms with Gasteiger partial charge in [0.05, 0.1) is 0 Å². The van der Waals surface area contributed by atoms with Gasteiger partial charge >= 0.3 is 23.9 Å². The van der Waals surface area contributed by atoms with Crippen LogP contribution in [0.1, 0.15) is 55.4 Å². The zero-order valence-electron chi connectivity index (χ0n) is 21.9. The molecule has 0 saturated carbocycles. The Morgan fingerprint density at radius 3 is 0.765 bits per heavy atom. The second-order valence-electron chi connectivity index (χ2n) is 9.93. The second-order valence-corrected chi connectivity index (χ2v) is 9.93. The molecule has 0 heterocycles. The van der Waals surface area contributed by atoms with E-state index < -0.39 is 29.3 Å². The summed E-state index contributed by atoms with van der Waals surface area (Å²) >= 11 is 0. The van der Waals surface area contributed by atoms with E-state index in [1.54, 1.807) is 0 Å². The highest BCUT2D eigenvalue weighted by Gasteiger charge is 2.38. The molecule has 34 heavy (non-hydrogen) atoms. The average molecular weight is 481 g/mol. The van der Waals surface area contributed by atoms with Crippen molar-refractivity contribution in [2.24, 2.45) is 10.8 Å². The minimum absolute atomic E-state index is 0.135. The van der Waals surface area contributed by atoms with E-state index in [0.29, 0.717) is 5.41 Å². The lowest BCUT2D eigenvalue weighted by atomic mass is 9.92. The van der Waals surface area contributed by atoms with Crippen LogP contribution in [-0.2, 0) is 38.1 Å². The fourth-order valence-electron chi connectivity index (χ4n) is 1.62. The van der Waals surface area contributed by atoms with E-state index in [9.17, 15) is 19.2 Å². The molecule has 192 valence electrons. The number of hydrogen-bond acceptors (Lipinski definition) is 8. The van der Waals surface area contributed by atoms with E-state index in [4.69, 9.17) is 18.9 Å². The summed E-state index contributed by atoms with van der Waals surface area (Å²) in [6, 6.07) is 0. The van der Waals surface area contributed by atoms with Gasteiger partial charge < -0.3 is 18.9 Å². The molecule has 0 unspecified atom stereocenters. The van der Waals surface area contributed by atoms with Crippen molar-refractivity contribution in [2.45, 2.75) is 55.4 Å². The van der Waals surface area contributed by atoms with Crippen molar-refractivity contribution >= 4 is 23.9 Å². The molecule has 0 rings (SSSR count). The Hall–Kier alpha value is -3.16. The lowest BCUT2D eigenvalue weighted by Crippen LogP contribution is -2.44. The predicted molar refractivity (Wildman–Crippen MR) is 131 cm³/mol. The van der Waals surface area contributed by atoms with Crippen LogP contribution < -0.4 is 0 Å². The molecule has 0 aromatic carbocycles. The molecular weight excluding hydrogens is 440 g/mol. The van der Waals surface area contributed by atoms with Gasteiger partial charge in [-0.1, -0.05) is 54.0 Å². The molecule has 0 fully saturated rings. The number of ether oxygens (including phenoxy) is 4. The maximum atomic E-state index is 11.8. The van der Waals surface area contributed by atoms with Crippen molar-refractivity contribution < 1.29 is 38.1 Å². The number of rotatable bonds is 12. The van der Waals surface area contributed by atoms with Gasteiger partial charge in [0.2, 0.25) is 0 Å². The van der Waals surface area contributed by atoms with Gasteiger partial charge in [0.1, 0.15) is 31.8 Å². The van der Waals surface area contributed by atoms with Crippen LogP contribution >= 0.6 is 0 Å². The van der Waals surface area contributed by atoms with Crippen LogP contribution in [0.2, 0.25) is 0 Å². The first kappa shape index (κ1) is 33.0. The minimum Gasteiger partial charge on any atom is -0.461 e. The monoisotopic (exact) mass is 480 g/mol. The molecule has 0 aliphatic carbocycles. The molecule has 0 spiro atoms. The molecule has 0 radical (unpaired) electrons. The molecule has 8 nitrogen and oxygen atoms in total. The largest absolute Gasteiger partial charge is 0.461 e. The Kier molecular flexibility index (Phi) is 14.4. The van der Waals surface area contributed by atoms with Crippen LogP contribution in [0.15, 0.2) is 48.6 Å². The molecular formula is C26H40O8. The van der Waals surface area contributed by atoms with E-state index in [1.165, 1.54) is 27.7 Å². The fourth-order valence-corrected chi connectivity index (χ4v) is 1.62. The topological polar surface area (TPSA) is 105 Å². The van der Waals surface area contributed by atoms with Crippen LogP contribution in [0.4, 0.5) is 0 Å². The van der Waals surface area contributed by atoms with E-state index in [-0.39, 0.29) is 48.7 Å². The summed E-state index contributed by atoms with van der Waals surface area (Å²) < 4.78 is 20.7. The third kappa shape index (κ3) is 16.5. The molecule has 0 aromatic rings. The van der Waals surface area contributed by atoms with Crippen molar-refractivity contribution in [3.05, 3.63) is 48.6 Å². The van der Waals surface area contributed by atoms with Crippen LogP contribution in [0, 0.1) is 10.8 Å². The Labute approximate surface area is 203 Å². The molecule has 0 bridgehead atoms. The van der Waals surface area contributed by atoms with E-state index in [2.05, 4.69) is 54.0 Å². The number of hydrogen-bond donors (Lipinski definition) is 0. The van der Waals surface area contributed by atoms with Gasteiger partial charge in [-0.2, -0.15) is 0 Å². The Bertz CT molecular complexity index is 680. The molecule has 0 aromatic heterocycles. The summed E-state index contributed by atoms with van der Waals surface area (Å²) in [4.78, 5) is 47.4. The number of carbonyl (C=O) groups excluding carboxylic acids is 4. The highest BCUT2D eigenvalue weighted by atomic mass is 16.6. The lowest BCUT2D eigenvalue weighted by molar-refractivity contribution is -0.165. The van der Waals surface area contributed by atoms with Crippen LogP contribution in [-0.4, -0.2) is 50.3 Å². The van der Waals surface area contributed by atoms with Crippen LogP contribution in [0.25, 0.3) is 0 Å². The van der Waals surface area contributed by atoms with Crippen molar-refractivity contribution in [2.75, 3.05) is 26.4 Å². The van der Waals surface area contributed by atoms with Crippen LogP contribution in [0.3, 0.4) is 0 Å². The summed E-state index contributed by atoms with van der Waals surface area (Å²) in [6.07, 6.45) is 0. The number of esters is 4. The fraction of sp³-hybridized carbons (Fsp3) is 0.538. The maximum Gasteiger partial charge on any atom is 0.333 e. The molecule has 0 amide bonds. The molecule has 0 saturated heterocycles. The summed E-state index contributed by atoms with van der Waals surface area (Å²) in [6.45, 7) is 27.0. The lowest BCUT2D eigenvalue weighted by Gasteiger charge is -2.31. The molecule has 0 N–H and O–H groups in total. The quantitative estimate of drug-likeness (QED) is 0.228. The maximum absolute atomic E-state index is 11.8. The molecule has 8 heteroatoms. The third-order valence-electron chi connectivity index (χ3n) is 3.43. The van der Waals surface area contributed by atoms with Gasteiger partial charge in [-0.25, -0.2) is 19.2 Å². The highest BCUT2D eigenvalue weighted by Crippen LogP contribution is 2.23. The standard InChI is InChI=1S/C21H28O8.C5H12/c1-13(2)17(22)26-9-21(10-27-18(23)14(3)4,11-28-19(24)15(5)6)12-29-20(25)16(7)8;1-5(2,3)4/h1,3,5,7,9-12H2,2,4,6,8H3;1-4H3. The van der Waals surface area contributed by atoms with Crippen molar-refractivity contribution in [1.29, 1.82) is 0 Å². The van der Waals surface area contributed by atoms with Gasteiger partial charge in [-0.15, -0.1) is 0 Å². The summed E-state index contributed by atoms with van der Waals surface area (Å²) in [7, 11) is 0. The van der Waals surface area contributed by atoms with Crippen molar-refractivity contribution in [1.82, 2.24) is 0 Å². The summed E-state index contributed by atoms with van der Waals surface area (Å²) in [5, 5.41) is 0. The zero-order valence-corrected chi connectivity index (χ0v) is 21.9. The van der Waals surface area contributed by atoms with Gasteiger partial charge in [0, 0.05) is 22.3 Å². The molecule has 0 aliphatic rings. The Balaban J connectivity index is 0. The first-order valence-corrected chi connectivity index (χ1v) is 10.6. The van der Waals surface area contributed by atoms with Gasteiger partial charge in [0.15, 0.2) is 0 Å². The van der Waals surface area contributed by atoms with E-state index in [0.717, 1.165) is 0 Å². The normalized spacial score (nSPS) is 10.6. The first-order chi connectivity index (χ1) is 15.3. The predicted octanol–water partition coefficient (Wildman–Crippen LogP) is 4.50. The number of carbonyl (C=O) groups is 4. The van der Waals surface area contributed by atoms with Crippen molar-refractivity contribution in [3.63, 3.8) is 0 Å². The molecule has 0 aliphatic heterocycles. The summed E-state index contributed by atoms with van der Waals surface area (Å²) in [5.74, 6) is -2.84. The Morgan fingerprint density at radius 1 is 0.500 bits per heavy atom. The van der Waals surface area contributed by atoms with Gasteiger partial charge in [-0.3, -0.25) is 0 Å². The second kappa shape index (κ2) is 14.9. The zero-order chi connectivity index (χ0) is 27.3. The smallest absolute Gasteiger partial charge is 0.333 e. The van der Waals surface area contributed by atoms with E-state index in [1.807, 2.05) is 0 Å².